The summed E-state index contributed by atoms with van der Waals surface area (Å²) in [6, 6.07) is 7.41. The van der Waals surface area contributed by atoms with Gasteiger partial charge in [-0.25, -0.2) is 17.2 Å². The summed E-state index contributed by atoms with van der Waals surface area (Å²) in [4.78, 5) is 5.57. The van der Waals surface area contributed by atoms with Gasteiger partial charge in [-0.1, -0.05) is 0 Å². The van der Waals surface area contributed by atoms with E-state index in [0.29, 0.717) is 54.7 Å². The number of nitrogens with zero attached hydrogens (tertiary/aromatic N) is 2. The van der Waals surface area contributed by atoms with Crippen molar-refractivity contribution in [3.05, 3.63) is 54.2 Å². The molecule has 9 heteroatoms. The summed E-state index contributed by atoms with van der Waals surface area (Å²) < 4.78 is 64.8. The molecule has 3 aromatic rings. The van der Waals surface area contributed by atoms with Crippen LogP contribution < -0.4 is 9.64 Å². The van der Waals surface area contributed by atoms with E-state index < -0.39 is 26.4 Å². The van der Waals surface area contributed by atoms with E-state index in [1.165, 1.54) is 13.3 Å². The lowest BCUT2D eigenvalue weighted by Crippen LogP contribution is -2.37. The monoisotopic (exact) mass is 420 g/mol. The fourth-order valence-corrected chi connectivity index (χ4v) is 4.86. The molecule has 2 heterocycles. The number of ether oxygens (including phenoxy) is 2. The average molecular weight is 420 g/mol. The molecule has 2 aromatic carbocycles. The van der Waals surface area contributed by atoms with Crippen molar-refractivity contribution >= 4 is 26.4 Å². The SMILES string of the molecule is COc1ccc2ncc(S(=O)(=O)c3cc(F)cc(F)c3)c(N3CCOCC3)c2c1. The molecule has 0 atom stereocenters. The molecule has 0 bridgehead atoms. The van der Waals surface area contributed by atoms with Gasteiger partial charge in [0.25, 0.3) is 0 Å². The van der Waals surface area contributed by atoms with Gasteiger partial charge in [0, 0.05) is 30.7 Å². The zero-order valence-corrected chi connectivity index (χ0v) is 16.4. The van der Waals surface area contributed by atoms with Gasteiger partial charge in [0.2, 0.25) is 9.84 Å². The predicted octanol–water partition coefficient (Wildman–Crippen LogP) is 3.19. The molecule has 4 rings (SSSR count). The lowest BCUT2D eigenvalue weighted by atomic mass is 10.1. The number of halogens is 2. The lowest BCUT2D eigenvalue weighted by molar-refractivity contribution is 0.122. The molecule has 29 heavy (non-hydrogen) atoms. The van der Waals surface area contributed by atoms with Crippen LogP contribution in [0.25, 0.3) is 10.9 Å². The highest BCUT2D eigenvalue weighted by Crippen LogP contribution is 2.37. The van der Waals surface area contributed by atoms with Crippen LogP contribution in [0, 0.1) is 11.6 Å². The Kier molecular flexibility index (Phi) is 5.10. The molecular weight excluding hydrogens is 402 g/mol. The molecule has 1 saturated heterocycles. The maximum absolute atomic E-state index is 13.7. The van der Waals surface area contributed by atoms with Gasteiger partial charge < -0.3 is 14.4 Å². The van der Waals surface area contributed by atoms with Gasteiger partial charge in [-0.15, -0.1) is 0 Å². The van der Waals surface area contributed by atoms with Crippen molar-refractivity contribution in [2.24, 2.45) is 0 Å². The van der Waals surface area contributed by atoms with Crippen LogP contribution in [-0.2, 0) is 14.6 Å². The first-order valence-corrected chi connectivity index (χ1v) is 10.4. The number of sulfone groups is 1. The standard InChI is InChI=1S/C20H18F2N2O4S/c1-27-15-2-3-18-17(11-15)20(24-4-6-28-7-5-24)19(12-23-18)29(25,26)16-9-13(21)8-14(22)10-16/h2-3,8-12H,4-7H2,1H3. The highest BCUT2D eigenvalue weighted by atomic mass is 32.2. The molecule has 0 aliphatic carbocycles. The molecule has 0 saturated carbocycles. The molecule has 6 nitrogen and oxygen atoms in total. The van der Waals surface area contributed by atoms with E-state index in [0.717, 1.165) is 12.1 Å². The summed E-state index contributed by atoms with van der Waals surface area (Å²) >= 11 is 0. The Balaban J connectivity index is 2.00. The molecule has 0 N–H and O–H groups in total. The Morgan fingerprint density at radius 1 is 1.07 bits per heavy atom. The van der Waals surface area contributed by atoms with Crippen molar-refractivity contribution in [2.75, 3.05) is 38.3 Å². The van der Waals surface area contributed by atoms with Crippen LogP contribution in [0.3, 0.4) is 0 Å². The van der Waals surface area contributed by atoms with Crippen molar-refractivity contribution in [1.82, 2.24) is 4.98 Å². The van der Waals surface area contributed by atoms with Gasteiger partial charge in [-0.3, -0.25) is 4.98 Å². The second-order valence-corrected chi connectivity index (χ2v) is 8.48. The number of morpholine rings is 1. The Morgan fingerprint density at radius 3 is 2.41 bits per heavy atom. The van der Waals surface area contributed by atoms with E-state index in [4.69, 9.17) is 9.47 Å². The Morgan fingerprint density at radius 2 is 1.76 bits per heavy atom. The Hall–Kier alpha value is -2.78. The minimum Gasteiger partial charge on any atom is -0.497 e. The first-order chi connectivity index (χ1) is 13.9. The van der Waals surface area contributed by atoms with Crippen LogP contribution in [0.2, 0.25) is 0 Å². The van der Waals surface area contributed by atoms with E-state index >= 15 is 0 Å². The number of hydrogen-bond acceptors (Lipinski definition) is 6. The summed E-state index contributed by atoms with van der Waals surface area (Å²) in [7, 11) is -2.73. The number of pyridine rings is 1. The summed E-state index contributed by atoms with van der Waals surface area (Å²) in [6.45, 7) is 1.80. The molecule has 0 amide bonds. The van der Waals surface area contributed by atoms with Crippen LogP contribution >= 0.6 is 0 Å². The summed E-state index contributed by atoms with van der Waals surface area (Å²) in [6.07, 6.45) is 1.23. The highest BCUT2D eigenvalue weighted by Gasteiger charge is 2.28. The van der Waals surface area contributed by atoms with Gasteiger partial charge in [-0.05, 0) is 30.3 Å². The van der Waals surface area contributed by atoms with E-state index in [1.807, 2.05) is 4.90 Å². The third-order valence-corrected chi connectivity index (χ3v) is 6.51. The third-order valence-electron chi connectivity index (χ3n) is 4.78. The highest BCUT2D eigenvalue weighted by molar-refractivity contribution is 7.91. The Labute approximate surface area is 166 Å². The van der Waals surface area contributed by atoms with Gasteiger partial charge in [0.05, 0.1) is 36.4 Å². The molecule has 1 aliphatic heterocycles. The maximum Gasteiger partial charge on any atom is 0.210 e. The van der Waals surface area contributed by atoms with Crippen LogP contribution in [0.15, 0.2) is 52.4 Å². The van der Waals surface area contributed by atoms with Crippen LogP contribution in [0.5, 0.6) is 5.75 Å². The zero-order chi connectivity index (χ0) is 20.6. The topological polar surface area (TPSA) is 68.7 Å². The number of rotatable bonds is 4. The fourth-order valence-electron chi connectivity index (χ4n) is 3.39. The lowest BCUT2D eigenvalue weighted by Gasteiger charge is -2.31. The van der Waals surface area contributed by atoms with Gasteiger partial charge in [-0.2, -0.15) is 0 Å². The first-order valence-electron chi connectivity index (χ1n) is 8.91. The van der Waals surface area contributed by atoms with E-state index in [1.54, 1.807) is 18.2 Å². The maximum atomic E-state index is 13.7. The average Bonchev–Trinajstić information content (AvgIpc) is 2.72. The van der Waals surface area contributed by atoms with Crippen molar-refractivity contribution in [2.45, 2.75) is 9.79 Å². The molecule has 1 aliphatic rings. The molecule has 152 valence electrons. The summed E-state index contributed by atoms with van der Waals surface area (Å²) in [5, 5.41) is 0.573. The quantitative estimate of drug-likeness (QED) is 0.646. The van der Waals surface area contributed by atoms with Crippen molar-refractivity contribution < 1.29 is 26.7 Å². The van der Waals surface area contributed by atoms with Gasteiger partial charge >= 0.3 is 0 Å². The second-order valence-electron chi connectivity index (χ2n) is 6.56. The van der Waals surface area contributed by atoms with Crippen LogP contribution in [-0.4, -0.2) is 46.8 Å². The van der Waals surface area contributed by atoms with Gasteiger partial charge in [0.15, 0.2) is 0 Å². The smallest absolute Gasteiger partial charge is 0.210 e. The molecule has 1 aromatic heterocycles. The summed E-state index contributed by atoms with van der Waals surface area (Å²) in [5.74, 6) is -1.39. The fraction of sp³-hybridized carbons (Fsp3) is 0.250. The van der Waals surface area contributed by atoms with E-state index in [-0.39, 0.29) is 4.90 Å². The molecule has 0 unspecified atom stereocenters. The molecular formula is C20H18F2N2O4S. The molecule has 0 radical (unpaired) electrons. The molecule has 1 fully saturated rings. The first kappa shape index (κ1) is 19.5. The largest absolute Gasteiger partial charge is 0.497 e. The number of hydrogen-bond donors (Lipinski definition) is 0. The van der Waals surface area contributed by atoms with E-state index in [2.05, 4.69) is 4.98 Å². The third kappa shape index (κ3) is 3.63. The number of anilines is 1. The van der Waals surface area contributed by atoms with Crippen molar-refractivity contribution in [1.29, 1.82) is 0 Å². The number of fused-ring (bicyclic) bond motifs is 1. The number of aromatic nitrogens is 1. The molecule has 0 spiro atoms. The van der Waals surface area contributed by atoms with Crippen molar-refractivity contribution in [3.8, 4) is 5.75 Å². The summed E-state index contributed by atoms with van der Waals surface area (Å²) in [5.41, 5.74) is 0.999. The zero-order valence-electron chi connectivity index (χ0n) is 15.6. The predicted molar refractivity (Wildman–Crippen MR) is 103 cm³/mol. The van der Waals surface area contributed by atoms with Gasteiger partial charge in [0.1, 0.15) is 22.3 Å². The van der Waals surface area contributed by atoms with E-state index in [9.17, 15) is 17.2 Å². The number of methoxy groups -OCH3 is 1. The van der Waals surface area contributed by atoms with Crippen LogP contribution in [0.1, 0.15) is 0 Å². The van der Waals surface area contributed by atoms with Crippen molar-refractivity contribution in [3.63, 3.8) is 0 Å². The number of benzene rings is 2. The second kappa shape index (κ2) is 7.57. The van der Waals surface area contributed by atoms with Crippen LogP contribution in [0.4, 0.5) is 14.5 Å². The minimum absolute atomic E-state index is 0.120. The Bertz CT molecular complexity index is 1160. The normalized spacial score (nSPS) is 14.9. The minimum atomic E-state index is -4.24.